The number of benzene rings is 2. The summed E-state index contributed by atoms with van der Waals surface area (Å²) in [5.41, 5.74) is 3.24. The summed E-state index contributed by atoms with van der Waals surface area (Å²) in [4.78, 5) is 15.1. The van der Waals surface area contributed by atoms with E-state index in [0.29, 0.717) is 17.1 Å². The molecule has 0 amide bonds. The molecule has 1 heterocycles. The molecule has 0 spiro atoms. The Bertz CT molecular complexity index is 706. The van der Waals surface area contributed by atoms with Crippen LogP contribution in [0.15, 0.2) is 48.0 Å². The highest BCUT2D eigenvalue weighted by atomic mass is 32.1. The Morgan fingerprint density at radius 2 is 2.06 bits per heavy atom. The molecule has 0 aliphatic carbocycles. The van der Waals surface area contributed by atoms with Crippen molar-refractivity contribution in [2.24, 2.45) is 0 Å². The van der Waals surface area contributed by atoms with Crippen molar-refractivity contribution in [3.05, 3.63) is 53.5 Å². The predicted octanol–water partition coefficient (Wildman–Crippen LogP) is 3.90. The molecule has 0 aliphatic heterocycles. The smallest absolute Gasteiger partial charge is 0.153 e. The van der Waals surface area contributed by atoms with Crippen LogP contribution in [0.1, 0.15) is 10.4 Å². The second-order valence-corrected chi connectivity index (χ2v) is 4.63. The average molecular weight is 255 g/mol. The number of rotatable bonds is 3. The van der Waals surface area contributed by atoms with Crippen molar-refractivity contribution in [1.29, 1.82) is 0 Å². The first kappa shape index (κ1) is 10.9. The number of aromatic nitrogens is 1. The zero-order valence-corrected chi connectivity index (χ0v) is 10.2. The zero-order valence-electron chi connectivity index (χ0n) is 9.37. The normalized spacial score (nSPS) is 10.4. The maximum atomic E-state index is 10.9. The van der Waals surface area contributed by atoms with E-state index in [0.717, 1.165) is 16.5 Å². The van der Waals surface area contributed by atoms with Crippen LogP contribution in [0.2, 0.25) is 0 Å². The summed E-state index contributed by atoms with van der Waals surface area (Å²) in [5, 5.41) is 0. The summed E-state index contributed by atoms with van der Waals surface area (Å²) in [5.74, 6) is 1.24. The molecule has 0 saturated carbocycles. The van der Waals surface area contributed by atoms with Gasteiger partial charge < -0.3 is 4.74 Å². The van der Waals surface area contributed by atoms with Gasteiger partial charge in [0.05, 0.1) is 21.3 Å². The quantitative estimate of drug-likeness (QED) is 0.666. The Kier molecular flexibility index (Phi) is 2.78. The van der Waals surface area contributed by atoms with Gasteiger partial charge in [0.25, 0.3) is 0 Å². The van der Waals surface area contributed by atoms with Gasteiger partial charge in [0.2, 0.25) is 0 Å². The fourth-order valence-electron chi connectivity index (χ4n) is 1.70. The third kappa shape index (κ3) is 1.98. The number of hydrogen-bond donors (Lipinski definition) is 0. The number of aldehydes is 1. The molecule has 0 unspecified atom stereocenters. The lowest BCUT2D eigenvalue weighted by Gasteiger charge is -2.07. The zero-order chi connectivity index (χ0) is 12.4. The van der Waals surface area contributed by atoms with Gasteiger partial charge in [-0.2, -0.15) is 0 Å². The van der Waals surface area contributed by atoms with Crippen LogP contribution in [0.5, 0.6) is 11.5 Å². The summed E-state index contributed by atoms with van der Waals surface area (Å²) >= 11 is 1.59. The first-order valence-corrected chi connectivity index (χ1v) is 6.30. The molecule has 4 heteroatoms. The van der Waals surface area contributed by atoms with E-state index in [2.05, 4.69) is 4.98 Å². The third-order valence-electron chi connectivity index (χ3n) is 2.58. The highest BCUT2D eigenvalue weighted by Gasteiger charge is 2.04. The minimum absolute atomic E-state index is 0.538. The topological polar surface area (TPSA) is 39.2 Å². The van der Waals surface area contributed by atoms with Gasteiger partial charge in [-0.15, -0.1) is 11.3 Å². The lowest BCUT2D eigenvalue weighted by atomic mass is 10.2. The second-order valence-electron chi connectivity index (χ2n) is 3.74. The van der Waals surface area contributed by atoms with E-state index in [4.69, 9.17) is 4.74 Å². The van der Waals surface area contributed by atoms with Crippen molar-refractivity contribution >= 4 is 27.8 Å². The van der Waals surface area contributed by atoms with E-state index in [1.807, 2.05) is 24.3 Å². The van der Waals surface area contributed by atoms with E-state index in [9.17, 15) is 4.79 Å². The Hall–Kier alpha value is -2.20. The van der Waals surface area contributed by atoms with Crippen molar-refractivity contribution in [3.63, 3.8) is 0 Å². The Morgan fingerprint density at radius 1 is 1.17 bits per heavy atom. The lowest BCUT2D eigenvalue weighted by Crippen LogP contribution is -1.89. The number of carbonyl (C=O) groups is 1. The van der Waals surface area contributed by atoms with Crippen molar-refractivity contribution < 1.29 is 9.53 Å². The predicted molar refractivity (Wildman–Crippen MR) is 71.5 cm³/mol. The number of nitrogens with zero attached hydrogens (tertiary/aromatic N) is 1. The van der Waals surface area contributed by atoms with Crippen LogP contribution in [0, 0.1) is 0 Å². The van der Waals surface area contributed by atoms with Crippen molar-refractivity contribution in [1.82, 2.24) is 4.98 Å². The van der Waals surface area contributed by atoms with Crippen LogP contribution in [-0.2, 0) is 0 Å². The maximum Gasteiger partial charge on any atom is 0.153 e. The Labute approximate surface area is 108 Å². The molecule has 3 nitrogen and oxygen atoms in total. The Morgan fingerprint density at radius 3 is 2.94 bits per heavy atom. The average Bonchev–Trinajstić information content (AvgIpc) is 2.87. The molecule has 0 aliphatic rings. The van der Waals surface area contributed by atoms with Gasteiger partial charge >= 0.3 is 0 Å². The van der Waals surface area contributed by atoms with Crippen molar-refractivity contribution in [2.75, 3.05) is 0 Å². The van der Waals surface area contributed by atoms with Gasteiger partial charge in [-0.25, -0.2) is 4.98 Å². The fraction of sp³-hybridized carbons (Fsp3) is 0. The van der Waals surface area contributed by atoms with Gasteiger partial charge in [-0.05, 0) is 24.3 Å². The van der Waals surface area contributed by atoms with E-state index in [-0.39, 0.29) is 0 Å². The van der Waals surface area contributed by atoms with Crippen LogP contribution in [0.3, 0.4) is 0 Å². The molecule has 0 atom stereocenters. The largest absolute Gasteiger partial charge is 0.457 e. The maximum absolute atomic E-state index is 10.9. The van der Waals surface area contributed by atoms with Gasteiger partial charge in [0.15, 0.2) is 6.29 Å². The lowest BCUT2D eigenvalue weighted by molar-refractivity contribution is 0.112. The minimum atomic E-state index is 0.538. The van der Waals surface area contributed by atoms with Gasteiger partial charge in [-0.3, -0.25) is 4.79 Å². The SMILES string of the molecule is O=Cc1ccccc1Oc1ccc2scnc2c1. The molecular weight excluding hydrogens is 246 g/mol. The summed E-state index contributed by atoms with van der Waals surface area (Å²) < 4.78 is 6.83. The highest BCUT2D eigenvalue weighted by molar-refractivity contribution is 7.16. The Balaban J connectivity index is 1.98. The number of thiazole rings is 1. The number of ether oxygens (including phenoxy) is 1. The first-order chi connectivity index (χ1) is 8.86. The first-order valence-electron chi connectivity index (χ1n) is 5.42. The highest BCUT2D eigenvalue weighted by Crippen LogP contribution is 2.28. The van der Waals surface area contributed by atoms with Crippen LogP contribution in [0.4, 0.5) is 0 Å². The number of fused-ring (bicyclic) bond motifs is 1. The van der Waals surface area contributed by atoms with E-state index in [1.165, 1.54) is 0 Å². The van der Waals surface area contributed by atoms with E-state index in [1.54, 1.807) is 35.0 Å². The second kappa shape index (κ2) is 4.58. The fourth-order valence-corrected chi connectivity index (χ4v) is 2.36. The summed E-state index contributed by atoms with van der Waals surface area (Å²) in [6, 6.07) is 12.9. The molecule has 88 valence electrons. The van der Waals surface area contributed by atoms with E-state index < -0.39 is 0 Å². The van der Waals surface area contributed by atoms with Gasteiger partial charge in [-0.1, -0.05) is 12.1 Å². The van der Waals surface area contributed by atoms with Crippen molar-refractivity contribution in [2.45, 2.75) is 0 Å². The summed E-state index contributed by atoms with van der Waals surface area (Å²) in [6.07, 6.45) is 0.788. The molecule has 3 rings (SSSR count). The van der Waals surface area contributed by atoms with Crippen molar-refractivity contribution in [3.8, 4) is 11.5 Å². The number of para-hydroxylation sites is 1. The van der Waals surface area contributed by atoms with Crippen LogP contribution in [-0.4, -0.2) is 11.3 Å². The molecule has 0 radical (unpaired) electrons. The van der Waals surface area contributed by atoms with E-state index >= 15 is 0 Å². The number of carbonyl (C=O) groups excluding carboxylic acids is 1. The number of hydrogen-bond acceptors (Lipinski definition) is 4. The molecule has 0 bridgehead atoms. The standard InChI is InChI=1S/C14H9NO2S/c16-8-10-3-1-2-4-13(10)17-11-5-6-14-12(7-11)15-9-18-14/h1-9H. The summed E-state index contributed by atoms with van der Waals surface area (Å²) in [7, 11) is 0. The molecule has 0 fully saturated rings. The molecule has 18 heavy (non-hydrogen) atoms. The van der Waals surface area contributed by atoms with Crippen LogP contribution >= 0.6 is 11.3 Å². The summed E-state index contributed by atoms with van der Waals surface area (Å²) in [6.45, 7) is 0. The molecule has 0 saturated heterocycles. The third-order valence-corrected chi connectivity index (χ3v) is 3.39. The monoisotopic (exact) mass is 255 g/mol. The molecular formula is C14H9NO2S. The molecule has 2 aromatic carbocycles. The van der Waals surface area contributed by atoms with Crippen LogP contribution in [0.25, 0.3) is 10.2 Å². The molecule has 1 aromatic heterocycles. The van der Waals surface area contributed by atoms with Gasteiger partial charge in [0, 0.05) is 6.07 Å². The molecule has 0 N–H and O–H groups in total. The van der Waals surface area contributed by atoms with Crippen LogP contribution < -0.4 is 4.74 Å². The molecule has 3 aromatic rings. The minimum Gasteiger partial charge on any atom is -0.457 e. The van der Waals surface area contributed by atoms with Gasteiger partial charge in [0.1, 0.15) is 11.5 Å².